The Morgan fingerprint density at radius 3 is 2.93 bits per heavy atom. The molecule has 1 aliphatic rings. The van der Waals surface area contributed by atoms with Crippen LogP contribution in [-0.2, 0) is 14.3 Å². The number of aryl methyl sites for hydroxylation is 1. The van der Waals surface area contributed by atoms with E-state index in [0.29, 0.717) is 29.1 Å². The second kappa shape index (κ2) is 8.37. The van der Waals surface area contributed by atoms with Crippen molar-refractivity contribution in [3.63, 3.8) is 0 Å². The molecule has 0 aliphatic carbocycles. The standard InChI is InChI=1S/C21H21N3O5S/c1-3-28-21(27)17-14-11-30-19(22-18(25)15-8-5-9-29-15)16(14)20(26)24(23-17)13-7-4-6-12(2)10-13/h4,6-7,10-11,15H,3,5,8-9H2,1-2H3,(H,22,25). The average molecular weight is 427 g/mol. The summed E-state index contributed by atoms with van der Waals surface area (Å²) in [7, 11) is 0. The van der Waals surface area contributed by atoms with Crippen LogP contribution in [0.2, 0.25) is 0 Å². The lowest BCUT2D eigenvalue weighted by molar-refractivity contribution is -0.124. The van der Waals surface area contributed by atoms with Crippen LogP contribution in [0, 0.1) is 6.92 Å². The number of rotatable bonds is 5. The number of ether oxygens (including phenoxy) is 2. The first-order valence-electron chi connectivity index (χ1n) is 9.70. The molecule has 1 fully saturated rings. The molecule has 9 heteroatoms. The lowest BCUT2D eigenvalue weighted by Gasteiger charge is -2.11. The highest BCUT2D eigenvalue weighted by molar-refractivity contribution is 7.16. The van der Waals surface area contributed by atoms with Crippen LogP contribution in [0.4, 0.5) is 5.00 Å². The van der Waals surface area contributed by atoms with Gasteiger partial charge in [-0.1, -0.05) is 12.1 Å². The number of fused-ring (bicyclic) bond motifs is 1. The molecule has 0 spiro atoms. The van der Waals surface area contributed by atoms with Crippen LogP contribution in [0.3, 0.4) is 0 Å². The Morgan fingerprint density at radius 1 is 1.40 bits per heavy atom. The quantitative estimate of drug-likeness (QED) is 0.629. The largest absolute Gasteiger partial charge is 0.461 e. The maximum Gasteiger partial charge on any atom is 0.359 e. The van der Waals surface area contributed by atoms with Crippen molar-refractivity contribution in [2.45, 2.75) is 32.8 Å². The van der Waals surface area contributed by atoms with Crippen molar-refractivity contribution in [1.29, 1.82) is 0 Å². The molecule has 0 saturated carbocycles. The molecule has 1 amide bonds. The number of hydrogen-bond acceptors (Lipinski definition) is 7. The second-order valence-corrected chi connectivity index (χ2v) is 7.85. The third-order valence-electron chi connectivity index (χ3n) is 4.83. The SMILES string of the molecule is CCOC(=O)c1nn(-c2cccc(C)c2)c(=O)c2c(NC(=O)C3CCCO3)scc12. The Kier molecular flexibility index (Phi) is 5.65. The maximum absolute atomic E-state index is 13.3. The predicted octanol–water partition coefficient (Wildman–Crippen LogP) is 3.05. The minimum absolute atomic E-state index is 0.0295. The highest BCUT2D eigenvalue weighted by atomic mass is 32.1. The van der Waals surface area contributed by atoms with E-state index in [9.17, 15) is 14.4 Å². The number of carbonyl (C=O) groups excluding carboxylic acids is 2. The van der Waals surface area contributed by atoms with Gasteiger partial charge < -0.3 is 14.8 Å². The van der Waals surface area contributed by atoms with Gasteiger partial charge in [-0.3, -0.25) is 9.59 Å². The number of amides is 1. The number of anilines is 1. The number of esters is 1. The molecule has 30 heavy (non-hydrogen) atoms. The van der Waals surface area contributed by atoms with Crippen LogP contribution in [0.1, 0.15) is 35.8 Å². The van der Waals surface area contributed by atoms with Crippen LogP contribution in [-0.4, -0.2) is 41.0 Å². The fraction of sp³-hybridized carbons (Fsp3) is 0.333. The number of carbonyl (C=O) groups is 2. The van der Waals surface area contributed by atoms with Gasteiger partial charge in [0.2, 0.25) is 0 Å². The molecule has 1 aliphatic heterocycles. The van der Waals surface area contributed by atoms with E-state index in [2.05, 4.69) is 10.4 Å². The lowest BCUT2D eigenvalue weighted by Crippen LogP contribution is -2.28. The summed E-state index contributed by atoms with van der Waals surface area (Å²) in [6.07, 6.45) is 0.922. The first kappa shape index (κ1) is 20.2. The molecule has 1 atom stereocenters. The van der Waals surface area contributed by atoms with E-state index in [0.717, 1.165) is 12.0 Å². The zero-order valence-electron chi connectivity index (χ0n) is 16.6. The fourth-order valence-corrected chi connectivity index (χ4v) is 4.34. The monoisotopic (exact) mass is 427 g/mol. The summed E-state index contributed by atoms with van der Waals surface area (Å²) in [4.78, 5) is 38.4. The fourth-order valence-electron chi connectivity index (χ4n) is 3.40. The zero-order valence-corrected chi connectivity index (χ0v) is 17.5. The first-order valence-corrected chi connectivity index (χ1v) is 10.6. The minimum atomic E-state index is -0.626. The van der Waals surface area contributed by atoms with Gasteiger partial charge in [-0.25, -0.2) is 4.79 Å². The highest BCUT2D eigenvalue weighted by Gasteiger charge is 2.27. The predicted molar refractivity (Wildman–Crippen MR) is 114 cm³/mol. The normalized spacial score (nSPS) is 16.0. The zero-order chi connectivity index (χ0) is 21.3. The summed E-state index contributed by atoms with van der Waals surface area (Å²) in [5.41, 5.74) is 1.07. The van der Waals surface area contributed by atoms with Crippen molar-refractivity contribution in [3.05, 3.63) is 51.3 Å². The molecular formula is C21H21N3O5S. The van der Waals surface area contributed by atoms with Gasteiger partial charge in [-0.2, -0.15) is 9.78 Å². The number of benzene rings is 1. The Hall–Kier alpha value is -3.04. The summed E-state index contributed by atoms with van der Waals surface area (Å²) < 4.78 is 11.7. The number of thiophene rings is 1. The van der Waals surface area contributed by atoms with Gasteiger partial charge in [0.05, 0.1) is 17.7 Å². The number of aromatic nitrogens is 2. The van der Waals surface area contributed by atoms with E-state index in [-0.39, 0.29) is 23.6 Å². The van der Waals surface area contributed by atoms with Crippen molar-refractivity contribution < 1.29 is 19.1 Å². The van der Waals surface area contributed by atoms with E-state index in [4.69, 9.17) is 9.47 Å². The molecule has 156 valence electrons. The molecule has 1 unspecified atom stereocenters. The molecule has 2 aromatic heterocycles. The topological polar surface area (TPSA) is 99.5 Å². The highest BCUT2D eigenvalue weighted by Crippen LogP contribution is 2.31. The van der Waals surface area contributed by atoms with Crippen LogP contribution in [0.25, 0.3) is 16.5 Å². The first-order chi connectivity index (χ1) is 14.5. The molecular weight excluding hydrogens is 406 g/mol. The van der Waals surface area contributed by atoms with Gasteiger partial charge >= 0.3 is 5.97 Å². The van der Waals surface area contributed by atoms with E-state index in [1.807, 2.05) is 13.0 Å². The van der Waals surface area contributed by atoms with Crippen molar-refractivity contribution in [3.8, 4) is 5.69 Å². The van der Waals surface area contributed by atoms with Crippen molar-refractivity contribution in [2.75, 3.05) is 18.5 Å². The molecule has 4 rings (SSSR count). The molecule has 3 heterocycles. The second-order valence-electron chi connectivity index (χ2n) is 6.97. The molecule has 3 aromatic rings. The van der Waals surface area contributed by atoms with Gasteiger partial charge in [0.25, 0.3) is 11.5 Å². The molecule has 1 saturated heterocycles. The van der Waals surface area contributed by atoms with E-state index >= 15 is 0 Å². The van der Waals surface area contributed by atoms with Crippen LogP contribution >= 0.6 is 11.3 Å². The molecule has 1 N–H and O–H groups in total. The van der Waals surface area contributed by atoms with Gasteiger partial charge in [-0.15, -0.1) is 11.3 Å². The molecule has 8 nitrogen and oxygen atoms in total. The van der Waals surface area contributed by atoms with Crippen molar-refractivity contribution >= 4 is 39.0 Å². The molecule has 1 aromatic carbocycles. The minimum Gasteiger partial charge on any atom is -0.461 e. The number of hydrogen-bond donors (Lipinski definition) is 1. The summed E-state index contributed by atoms with van der Waals surface area (Å²) in [6.45, 7) is 4.32. The smallest absolute Gasteiger partial charge is 0.359 e. The third-order valence-corrected chi connectivity index (χ3v) is 5.72. The summed E-state index contributed by atoms with van der Waals surface area (Å²) in [6, 6.07) is 7.24. The summed E-state index contributed by atoms with van der Waals surface area (Å²) >= 11 is 1.17. The summed E-state index contributed by atoms with van der Waals surface area (Å²) in [5.74, 6) is -0.925. The average Bonchev–Trinajstić information content (AvgIpc) is 3.39. The van der Waals surface area contributed by atoms with Crippen molar-refractivity contribution in [1.82, 2.24) is 9.78 Å². The Morgan fingerprint density at radius 2 is 2.23 bits per heavy atom. The molecule has 0 radical (unpaired) electrons. The van der Waals surface area contributed by atoms with E-state index < -0.39 is 17.6 Å². The number of nitrogens with one attached hydrogen (secondary N) is 1. The van der Waals surface area contributed by atoms with Gasteiger partial charge in [0.15, 0.2) is 5.69 Å². The van der Waals surface area contributed by atoms with Crippen LogP contribution < -0.4 is 10.9 Å². The Balaban J connectivity index is 1.87. The van der Waals surface area contributed by atoms with Gasteiger partial charge in [-0.05, 0) is 44.4 Å². The third kappa shape index (κ3) is 3.73. The Labute approximate surface area is 176 Å². The number of nitrogens with zero attached hydrogens (tertiary/aromatic N) is 2. The summed E-state index contributed by atoms with van der Waals surface area (Å²) in [5, 5.41) is 9.69. The molecule has 0 bridgehead atoms. The van der Waals surface area contributed by atoms with E-state index in [1.54, 1.807) is 30.5 Å². The van der Waals surface area contributed by atoms with Gasteiger partial charge in [0, 0.05) is 17.4 Å². The Bertz CT molecular complexity index is 1180. The lowest BCUT2D eigenvalue weighted by atomic mass is 10.2. The van der Waals surface area contributed by atoms with Crippen LogP contribution in [0.15, 0.2) is 34.4 Å². The maximum atomic E-state index is 13.3. The van der Waals surface area contributed by atoms with Gasteiger partial charge in [0.1, 0.15) is 11.1 Å². The van der Waals surface area contributed by atoms with Crippen LogP contribution in [0.5, 0.6) is 0 Å². The van der Waals surface area contributed by atoms with Crippen molar-refractivity contribution in [2.24, 2.45) is 0 Å². The van der Waals surface area contributed by atoms with E-state index in [1.165, 1.54) is 16.0 Å².